The van der Waals surface area contributed by atoms with Gasteiger partial charge in [-0.3, -0.25) is 0 Å². The van der Waals surface area contributed by atoms with Crippen molar-refractivity contribution in [2.75, 3.05) is 18.5 Å². The summed E-state index contributed by atoms with van der Waals surface area (Å²) in [5.41, 5.74) is 9.81. The zero-order chi connectivity index (χ0) is 13.0. The second-order valence-corrected chi connectivity index (χ2v) is 5.26. The fourth-order valence-corrected chi connectivity index (χ4v) is 2.65. The summed E-state index contributed by atoms with van der Waals surface area (Å²) in [7, 11) is 2.13. The van der Waals surface area contributed by atoms with E-state index >= 15 is 0 Å². The highest BCUT2D eigenvalue weighted by Crippen LogP contribution is 2.26. The molecule has 1 aromatic heterocycles. The number of unbranched alkanes of at least 4 members (excludes halogenated alkanes) is 1. The molecule has 0 aliphatic heterocycles. The molecule has 1 heterocycles. The van der Waals surface area contributed by atoms with Crippen molar-refractivity contribution in [1.29, 1.82) is 0 Å². The molecule has 0 unspecified atom stereocenters. The van der Waals surface area contributed by atoms with Crippen molar-refractivity contribution in [2.24, 2.45) is 5.73 Å². The Bertz CT molecular complexity index is 401. The number of anilines is 1. The van der Waals surface area contributed by atoms with Gasteiger partial charge in [-0.25, -0.2) is 4.98 Å². The fourth-order valence-electron chi connectivity index (χ4n) is 2.65. The van der Waals surface area contributed by atoms with Gasteiger partial charge in [-0.15, -0.1) is 0 Å². The Morgan fingerprint density at radius 2 is 2.11 bits per heavy atom. The van der Waals surface area contributed by atoms with E-state index in [2.05, 4.69) is 24.9 Å². The molecule has 0 aromatic carbocycles. The first-order valence-electron chi connectivity index (χ1n) is 7.19. The molecule has 100 valence electrons. The van der Waals surface area contributed by atoms with Gasteiger partial charge in [0.05, 0.1) is 0 Å². The Kier molecular flexibility index (Phi) is 4.59. The molecule has 0 bridgehead atoms. The summed E-state index contributed by atoms with van der Waals surface area (Å²) < 4.78 is 0. The number of nitrogens with zero attached hydrogens (tertiary/aromatic N) is 2. The molecule has 1 aromatic rings. The zero-order valence-electron chi connectivity index (χ0n) is 11.7. The minimum absolute atomic E-state index is 0.589. The summed E-state index contributed by atoms with van der Waals surface area (Å²) in [6, 6.07) is 2.29. The largest absolute Gasteiger partial charge is 0.359 e. The van der Waals surface area contributed by atoms with Gasteiger partial charge in [0.25, 0.3) is 0 Å². The van der Waals surface area contributed by atoms with Crippen LogP contribution in [0, 0.1) is 0 Å². The fraction of sp³-hybridized carbons (Fsp3) is 0.667. The number of nitrogens with two attached hydrogens (primary N) is 1. The van der Waals surface area contributed by atoms with Gasteiger partial charge in [-0.05, 0) is 43.7 Å². The highest BCUT2D eigenvalue weighted by atomic mass is 15.2. The molecule has 0 radical (unpaired) electrons. The van der Waals surface area contributed by atoms with Crippen molar-refractivity contribution in [3.05, 3.63) is 22.9 Å². The number of pyridine rings is 1. The summed E-state index contributed by atoms with van der Waals surface area (Å²) in [6.07, 6.45) is 7.30. The van der Waals surface area contributed by atoms with Crippen molar-refractivity contribution in [3.63, 3.8) is 0 Å². The molecule has 2 rings (SSSR count). The summed E-state index contributed by atoms with van der Waals surface area (Å²) in [5.74, 6) is 1.10. The normalized spacial score (nSPS) is 14.4. The number of aryl methyl sites for hydroxylation is 2. The van der Waals surface area contributed by atoms with Crippen LogP contribution in [0.5, 0.6) is 0 Å². The Balaban J connectivity index is 2.27. The lowest BCUT2D eigenvalue weighted by molar-refractivity contribution is 0.661. The monoisotopic (exact) mass is 247 g/mol. The van der Waals surface area contributed by atoms with Crippen molar-refractivity contribution in [2.45, 2.75) is 52.0 Å². The quantitative estimate of drug-likeness (QED) is 0.870. The van der Waals surface area contributed by atoms with E-state index in [0.717, 1.165) is 18.8 Å². The highest BCUT2D eigenvalue weighted by Gasteiger charge is 2.16. The third kappa shape index (κ3) is 2.83. The van der Waals surface area contributed by atoms with E-state index in [4.69, 9.17) is 10.7 Å². The van der Waals surface area contributed by atoms with Crippen molar-refractivity contribution < 1.29 is 0 Å². The van der Waals surface area contributed by atoms with Gasteiger partial charge in [0.2, 0.25) is 0 Å². The first-order chi connectivity index (χ1) is 8.76. The molecule has 3 heteroatoms. The summed E-state index contributed by atoms with van der Waals surface area (Å²) >= 11 is 0. The van der Waals surface area contributed by atoms with Gasteiger partial charge in [0.1, 0.15) is 5.82 Å². The summed E-state index contributed by atoms with van der Waals surface area (Å²) in [6.45, 7) is 3.87. The average molecular weight is 247 g/mol. The van der Waals surface area contributed by atoms with Gasteiger partial charge < -0.3 is 10.6 Å². The highest BCUT2D eigenvalue weighted by molar-refractivity contribution is 5.50. The standard InChI is InChI=1S/C15H25N3/c1-3-4-9-18(2)15-13(11-16)10-12-7-5-6-8-14(12)17-15/h10H,3-9,11,16H2,1-2H3. The molecular weight excluding hydrogens is 222 g/mol. The van der Waals surface area contributed by atoms with Crippen LogP contribution in [0.4, 0.5) is 5.82 Å². The average Bonchev–Trinajstić information content (AvgIpc) is 2.43. The van der Waals surface area contributed by atoms with Crippen LogP contribution in [-0.4, -0.2) is 18.6 Å². The van der Waals surface area contributed by atoms with Crippen LogP contribution in [0.3, 0.4) is 0 Å². The molecule has 2 N–H and O–H groups in total. The molecular formula is C15H25N3. The molecule has 0 saturated heterocycles. The molecule has 1 aliphatic carbocycles. The molecule has 0 spiro atoms. The van der Waals surface area contributed by atoms with Crippen LogP contribution in [0.1, 0.15) is 49.4 Å². The number of hydrogen-bond donors (Lipinski definition) is 1. The van der Waals surface area contributed by atoms with E-state index in [9.17, 15) is 0 Å². The van der Waals surface area contributed by atoms with Crippen molar-refractivity contribution in [1.82, 2.24) is 4.98 Å². The Hall–Kier alpha value is -1.09. The lowest BCUT2D eigenvalue weighted by Gasteiger charge is -2.24. The van der Waals surface area contributed by atoms with E-state index in [0.29, 0.717) is 6.54 Å². The van der Waals surface area contributed by atoms with Crippen molar-refractivity contribution in [3.8, 4) is 0 Å². The van der Waals surface area contributed by atoms with Gasteiger partial charge >= 0.3 is 0 Å². The second-order valence-electron chi connectivity index (χ2n) is 5.26. The van der Waals surface area contributed by atoms with Crippen LogP contribution in [0.15, 0.2) is 6.07 Å². The topological polar surface area (TPSA) is 42.2 Å². The minimum atomic E-state index is 0.589. The second kappa shape index (κ2) is 6.19. The van der Waals surface area contributed by atoms with E-state index in [1.165, 1.54) is 48.9 Å². The summed E-state index contributed by atoms with van der Waals surface area (Å²) in [4.78, 5) is 7.15. The Morgan fingerprint density at radius 3 is 2.83 bits per heavy atom. The Labute approximate surface area is 110 Å². The molecule has 0 fully saturated rings. The minimum Gasteiger partial charge on any atom is -0.359 e. The van der Waals surface area contributed by atoms with Crippen LogP contribution in [0.2, 0.25) is 0 Å². The van der Waals surface area contributed by atoms with Gasteiger partial charge in [0, 0.05) is 31.4 Å². The van der Waals surface area contributed by atoms with Crippen LogP contribution >= 0.6 is 0 Å². The lowest BCUT2D eigenvalue weighted by Crippen LogP contribution is -2.23. The number of hydrogen-bond acceptors (Lipinski definition) is 3. The number of rotatable bonds is 5. The molecule has 1 aliphatic rings. The van der Waals surface area contributed by atoms with E-state index in [1.807, 2.05) is 0 Å². The molecule has 3 nitrogen and oxygen atoms in total. The lowest BCUT2D eigenvalue weighted by atomic mass is 9.94. The van der Waals surface area contributed by atoms with E-state index in [1.54, 1.807) is 0 Å². The maximum atomic E-state index is 5.88. The smallest absolute Gasteiger partial charge is 0.133 e. The van der Waals surface area contributed by atoms with Gasteiger partial charge in [-0.2, -0.15) is 0 Å². The van der Waals surface area contributed by atoms with E-state index in [-0.39, 0.29) is 0 Å². The maximum absolute atomic E-state index is 5.88. The van der Waals surface area contributed by atoms with Crippen LogP contribution in [0.25, 0.3) is 0 Å². The van der Waals surface area contributed by atoms with Gasteiger partial charge in [0.15, 0.2) is 0 Å². The zero-order valence-corrected chi connectivity index (χ0v) is 11.7. The third-order valence-electron chi connectivity index (χ3n) is 3.79. The number of aromatic nitrogens is 1. The van der Waals surface area contributed by atoms with Crippen LogP contribution < -0.4 is 10.6 Å². The van der Waals surface area contributed by atoms with Crippen LogP contribution in [-0.2, 0) is 19.4 Å². The molecule has 0 saturated carbocycles. The third-order valence-corrected chi connectivity index (χ3v) is 3.79. The Morgan fingerprint density at radius 1 is 1.33 bits per heavy atom. The van der Waals surface area contributed by atoms with Crippen molar-refractivity contribution >= 4 is 5.82 Å². The first-order valence-corrected chi connectivity index (χ1v) is 7.19. The predicted octanol–water partition coefficient (Wildman–Crippen LogP) is 2.66. The molecule has 18 heavy (non-hydrogen) atoms. The van der Waals surface area contributed by atoms with E-state index < -0.39 is 0 Å². The molecule has 0 amide bonds. The summed E-state index contributed by atoms with van der Waals surface area (Å²) in [5, 5.41) is 0. The SMILES string of the molecule is CCCCN(C)c1nc2c(cc1CN)CCCC2. The molecule has 0 atom stereocenters. The number of fused-ring (bicyclic) bond motifs is 1. The van der Waals surface area contributed by atoms with Gasteiger partial charge in [-0.1, -0.05) is 13.3 Å². The maximum Gasteiger partial charge on any atom is 0.133 e. The predicted molar refractivity (Wildman–Crippen MR) is 76.9 cm³/mol. The first kappa shape index (κ1) is 13.3.